The molecular formula is C22H19F3N2O5S. The second-order valence-corrected chi connectivity index (χ2v) is 8.37. The van der Waals surface area contributed by atoms with Gasteiger partial charge in [-0.3, -0.25) is 9.52 Å². The zero-order valence-electron chi connectivity index (χ0n) is 17.2. The van der Waals surface area contributed by atoms with Gasteiger partial charge in [0.05, 0.1) is 23.3 Å². The van der Waals surface area contributed by atoms with Gasteiger partial charge in [-0.2, -0.15) is 13.2 Å². The average Bonchev–Trinajstić information content (AvgIpc) is 2.78. The quantitative estimate of drug-likeness (QED) is 0.494. The number of nitrogens with one attached hydrogen (secondary N) is 2. The maximum Gasteiger partial charge on any atom is 0.418 e. The summed E-state index contributed by atoms with van der Waals surface area (Å²) >= 11 is 0. The molecule has 174 valence electrons. The first-order chi connectivity index (χ1) is 15.6. The Morgan fingerprint density at radius 2 is 1.52 bits per heavy atom. The molecule has 0 saturated carbocycles. The Labute approximate surface area is 188 Å². The standard InChI is InChI=1S/C22H19F3N2O5S/c1-31-16-8-6-15(7-9-16)27-33(29,30)18-12-10-17(11-13-18)32-14-21(28)26-20-5-3-2-4-19(20)22(23,24)25/h2-13,27H,14H2,1H3,(H,26,28). The predicted octanol–water partition coefficient (Wildman–Crippen LogP) is 4.53. The van der Waals surface area contributed by atoms with Crippen LogP contribution in [0.5, 0.6) is 11.5 Å². The van der Waals surface area contributed by atoms with Gasteiger partial charge in [0.2, 0.25) is 0 Å². The Balaban J connectivity index is 1.60. The van der Waals surface area contributed by atoms with Crippen molar-refractivity contribution in [1.82, 2.24) is 0 Å². The third-order valence-electron chi connectivity index (χ3n) is 4.35. The number of para-hydroxylation sites is 1. The topological polar surface area (TPSA) is 93.7 Å². The molecule has 0 radical (unpaired) electrons. The molecule has 0 aromatic heterocycles. The lowest BCUT2D eigenvalue weighted by Crippen LogP contribution is -2.22. The molecule has 7 nitrogen and oxygen atoms in total. The minimum atomic E-state index is -4.62. The smallest absolute Gasteiger partial charge is 0.418 e. The summed E-state index contributed by atoms with van der Waals surface area (Å²) in [5.74, 6) is -0.0624. The number of carbonyl (C=O) groups excluding carboxylic acids is 1. The van der Waals surface area contributed by atoms with Gasteiger partial charge in [-0.05, 0) is 60.7 Å². The van der Waals surface area contributed by atoms with Crippen LogP contribution in [0.4, 0.5) is 24.5 Å². The number of benzene rings is 3. The summed E-state index contributed by atoms with van der Waals surface area (Å²) in [6, 6.07) is 16.1. The highest BCUT2D eigenvalue weighted by Crippen LogP contribution is 2.34. The molecule has 0 saturated heterocycles. The molecular weight excluding hydrogens is 461 g/mol. The van der Waals surface area contributed by atoms with Crippen molar-refractivity contribution in [1.29, 1.82) is 0 Å². The van der Waals surface area contributed by atoms with Crippen LogP contribution in [-0.4, -0.2) is 28.0 Å². The van der Waals surface area contributed by atoms with E-state index in [1.807, 2.05) is 0 Å². The van der Waals surface area contributed by atoms with E-state index in [9.17, 15) is 26.4 Å². The summed E-state index contributed by atoms with van der Waals surface area (Å²) in [6.07, 6.45) is -4.62. The third-order valence-corrected chi connectivity index (χ3v) is 5.75. The fourth-order valence-corrected chi connectivity index (χ4v) is 3.82. The number of ether oxygens (including phenoxy) is 2. The largest absolute Gasteiger partial charge is 0.497 e. The minimum Gasteiger partial charge on any atom is -0.497 e. The zero-order chi connectivity index (χ0) is 24.1. The van der Waals surface area contributed by atoms with Crippen molar-refractivity contribution in [2.24, 2.45) is 0 Å². The molecule has 0 aliphatic rings. The van der Waals surface area contributed by atoms with Gasteiger partial charge in [0, 0.05) is 5.69 Å². The van der Waals surface area contributed by atoms with Crippen molar-refractivity contribution >= 4 is 27.3 Å². The normalized spacial score (nSPS) is 11.5. The van der Waals surface area contributed by atoms with E-state index in [2.05, 4.69) is 10.0 Å². The van der Waals surface area contributed by atoms with Crippen LogP contribution in [0.15, 0.2) is 77.7 Å². The molecule has 3 aromatic rings. The van der Waals surface area contributed by atoms with E-state index in [-0.39, 0.29) is 16.3 Å². The molecule has 2 N–H and O–H groups in total. The number of anilines is 2. The first-order valence-electron chi connectivity index (χ1n) is 9.44. The number of rotatable bonds is 8. The van der Waals surface area contributed by atoms with Gasteiger partial charge in [0.1, 0.15) is 11.5 Å². The van der Waals surface area contributed by atoms with Crippen molar-refractivity contribution in [3.8, 4) is 11.5 Å². The monoisotopic (exact) mass is 480 g/mol. The van der Waals surface area contributed by atoms with Crippen molar-refractivity contribution < 1.29 is 35.9 Å². The molecule has 33 heavy (non-hydrogen) atoms. The van der Waals surface area contributed by atoms with Crippen LogP contribution >= 0.6 is 0 Å². The lowest BCUT2D eigenvalue weighted by Gasteiger charge is -2.14. The van der Waals surface area contributed by atoms with Crippen molar-refractivity contribution in [2.45, 2.75) is 11.1 Å². The van der Waals surface area contributed by atoms with Gasteiger partial charge < -0.3 is 14.8 Å². The Kier molecular flexibility index (Phi) is 7.12. The molecule has 0 spiro atoms. The molecule has 0 fully saturated rings. The predicted molar refractivity (Wildman–Crippen MR) is 116 cm³/mol. The molecule has 1 amide bonds. The van der Waals surface area contributed by atoms with Crippen LogP contribution in [0.3, 0.4) is 0 Å². The third kappa shape index (κ3) is 6.39. The second kappa shape index (κ2) is 9.82. The first kappa shape index (κ1) is 23.9. The summed E-state index contributed by atoms with van der Waals surface area (Å²) in [4.78, 5) is 12.0. The Hall–Kier alpha value is -3.73. The zero-order valence-corrected chi connectivity index (χ0v) is 18.0. The van der Waals surface area contributed by atoms with E-state index in [0.717, 1.165) is 12.1 Å². The second-order valence-electron chi connectivity index (χ2n) is 6.69. The van der Waals surface area contributed by atoms with Gasteiger partial charge >= 0.3 is 6.18 Å². The van der Waals surface area contributed by atoms with Crippen LogP contribution in [0.25, 0.3) is 0 Å². The van der Waals surface area contributed by atoms with E-state index in [1.165, 1.54) is 43.5 Å². The van der Waals surface area contributed by atoms with Gasteiger partial charge in [-0.25, -0.2) is 8.42 Å². The fourth-order valence-electron chi connectivity index (χ4n) is 2.76. The van der Waals surface area contributed by atoms with Gasteiger partial charge in [-0.15, -0.1) is 0 Å². The van der Waals surface area contributed by atoms with E-state index in [1.54, 1.807) is 24.3 Å². The summed E-state index contributed by atoms with van der Waals surface area (Å²) in [6.45, 7) is -0.567. The summed E-state index contributed by atoms with van der Waals surface area (Å²) < 4.78 is 76.8. The number of hydrogen-bond acceptors (Lipinski definition) is 5. The number of methoxy groups -OCH3 is 1. The van der Waals surface area contributed by atoms with Crippen LogP contribution in [0, 0.1) is 0 Å². The molecule has 3 rings (SSSR count). The van der Waals surface area contributed by atoms with Crippen molar-refractivity contribution in [2.75, 3.05) is 23.8 Å². The van der Waals surface area contributed by atoms with E-state index in [4.69, 9.17) is 9.47 Å². The fraction of sp³-hybridized carbons (Fsp3) is 0.136. The summed E-state index contributed by atoms with van der Waals surface area (Å²) in [7, 11) is -2.38. The highest BCUT2D eigenvalue weighted by Gasteiger charge is 2.33. The average molecular weight is 480 g/mol. The van der Waals surface area contributed by atoms with Crippen LogP contribution < -0.4 is 19.5 Å². The van der Waals surface area contributed by atoms with Crippen LogP contribution in [-0.2, 0) is 21.0 Å². The molecule has 11 heteroatoms. The van der Waals surface area contributed by atoms with Crippen molar-refractivity contribution in [3.63, 3.8) is 0 Å². The number of halogens is 3. The summed E-state index contributed by atoms with van der Waals surface area (Å²) in [5.41, 5.74) is -1.02. The molecule has 0 heterocycles. The Morgan fingerprint density at radius 1 is 0.909 bits per heavy atom. The molecule has 3 aromatic carbocycles. The highest BCUT2D eigenvalue weighted by molar-refractivity contribution is 7.92. The summed E-state index contributed by atoms with van der Waals surface area (Å²) in [5, 5.41) is 2.16. The van der Waals surface area contributed by atoms with Crippen LogP contribution in [0.2, 0.25) is 0 Å². The van der Waals surface area contributed by atoms with E-state index < -0.39 is 34.3 Å². The lowest BCUT2D eigenvalue weighted by molar-refractivity contribution is -0.137. The SMILES string of the molecule is COc1ccc(NS(=O)(=O)c2ccc(OCC(=O)Nc3ccccc3C(F)(F)F)cc2)cc1. The number of carbonyl (C=O) groups is 1. The lowest BCUT2D eigenvalue weighted by atomic mass is 10.1. The van der Waals surface area contributed by atoms with E-state index in [0.29, 0.717) is 11.4 Å². The maximum atomic E-state index is 13.0. The molecule has 0 aliphatic heterocycles. The van der Waals surface area contributed by atoms with E-state index >= 15 is 0 Å². The highest BCUT2D eigenvalue weighted by atomic mass is 32.2. The Morgan fingerprint density at radius 3 is 2.12 bits per heavy atom. The molecule has 0 atom stereocenters. The minimum absolute atomic E-state index is 0.0470. The number of amides is 1. The molecule has 0 aliphatic carbocycles. The molecule has 0 bridgehead atoms. The maximum absolute atomic E-state index is 13.0. The molecule has 0 unspecified atom stereocenters. The number of alkyl halides is 3. The Bertz CT molecular complexity index is 1210. The van der Waals surface area contributed by atoms with Crippen LogP contribution in [0.1, 0.15) is 5.56 Å². The van der Waals surface area contributed by atoms with Gasteiger partial charge in [0.25, 0.3) is 15.9 Å². The van der Waals surface area contributed by atoms with Crippen molar-refractivity contribution in [3.05, 3.63) is 78.4 Å². The van der Waals surface area contributed by atoms with Gasteiger partial charge in [0.15, 0.2) is 6.61 Å². The number of sulfonamides is 1. The van der Waals surface area contributed by atoms with Gasteiger partial charge in [-0.1, -0.05) is 12.1 Å². The first-order valence-corrected chi connectivity index (χ1v) is 10.9. The number of hydrogen-bond donors (Lipinski definition) is 2.